The smallest absolute Gasteiger partial charge is 0.258 e. The maximum atomic E-state index is 12.9. The number of benzene rings is 1. The molecule has 0 aliphatic carbocycles. The van der Waals surface area contributed by atoms with Crippen molar-refractivity contribution >= 4 is 11.4 Å². The van der Waals surface area contributed by atoms with Crippen molar-refractivity contribution in [2.24, 2.45) is 5.11 Å². The van der Waals surface area contributed by atoms with E-state index in [0.717, 1.165) is 0 Å². The van der Waals surface area contributed by atoms with Gasteiger partial charge < -0.3 is 0 Å². The minimum atomic E-state index is -1.87. The summed E-state index contributed by atoms with van der Waals surface area (Å²) in [5, 5.41) is 12.9. The van der Waals surface area contributed by atoms with Gasteiger partial charge in [-0.3, -0.25) is 10.1 Å². The number of nitro groups is 1. The fourth-order valence-electron chi connectivity index (χ4n) is 0.880. The van der Waals surface area contributed by atoms with E-state index >= 15 is 0 Å². The highest BCUT2D eigenvalue weighted by molar-refractivity contribution is 5.59. The first-order valence-electron chi connectivity index (χ1n) is 3.36. The van der Waals surface area contributed by atoms with Crippen LogP contribution >= 0.6 is 0 Å². The fraction of sp³-hybridized carbons (Fsp3) is 0. The van der Waals surface area contributed by atoms with Crippen LogP contribution in [0.2, 0.25) is 0 Å². The van der Waals surface area contributed by atoms with Crippen LogP contribution in [0, 0.1) is 27.6 Å². The van der Waals surface area contributed by atoms with Gasteiger partial charge in [-0.2, -0.15) is 4.39 Å². The molecular formula is C6HF3N4O2. The van der Waals surface area contributed by atoms with Crippen molar-refractivity contribution in [3.8, 4) is 0 Å². The first-order chi connectivity index (χ1) is 6.99. The third kappa shape index (κ3) is 1.81. The summed E-state index contributed by atoms with van der Waals surface area (Å²) in [5.41, 5.74) is 5.26. The second kappa shape index (κ2) is 3.84. The van der Waals surface area contributed by atoms with Gasteiger partial charge in [0.1, 0.15) is 5.82 Å². The molecule has 0 N–H and O–H groups in total. The van der Waals surface area contributed by atoms with Crippen LogP contribution in [-0.2, 0) is 0 Å². The second-order valence-corrected chi connectivity index (χ2v) is 2.30. The number of hydrogen-bond acceptors (Lipinski definition) is 3. The molecule has 1 aromatic rings. The molecule has 0 bridgehead atoms. The lowest BCUT2D eigenvalue weighted by Crippen LogP contribution is -1.98. The van der Waals surface area contributed by atoms with Gasteiger partial charge in [-0.25, -0.2) is 8.78 Å². The molecule has 0 amide bonds. The normalized spacial score (nSPS) is 9.53. The summed E-state index contributed by atoms with van der Waals surface area (Å²) >= 11 is 0. The molecule has 1 rings (SSSR count). The van der Waals surface area contributed by atoms with Gasteiger partial charge in [0, 0.05) is 11.0 Å². The van der Waals surface area contributed by atoms with E-state index in [-0.39, 0.29) is 6.07 Å². The van der Waals surface area contributed by atoms with E-state index in [9.17, 15) is 23.3 Å². The Morgan fingerprint density at radius 3 is 2.47 bits per heavy atom. The number of halogens is 3. The summed E-state index contributed by atoms with van der Waals surface area (Å²) in [6.07, 6.45) is 0. The van der Waals surface area contributed by atoms with Crippen LogP contribution < -0.4 is 0 Å². The maximum absolute atomic E-state index is 12.9. The standard InChI is InChI=1S/C6HF3N4O2/c7-2-1-3(8)5(11-12-10)6(4(2)9)13(14)15/h1H. The highest BCUT2D eigenvalue weighted by atomic mass is 19.2. The van der Waals surface area contributed by atoms with Crippen LogP contribution in [0.15, 0.2) is 11.2 Å². The van der Waals surface area contributed by atoms with E-state index in [2.05, 4.69) is 10.0 Å². The van der Waals surface area contributed by atoms with Crippen molar-refractivity contribution < 1.29 is 18.1 Å². The molecular weight excluding hydrogens is 217 g/mol. The zero-order chi connectivity index (χ0) is 11.6. The third-order valence-electron chi connectivity index (χ3n) is 1.45. The predicted octanol–water partition coefficient (Wildman–Crippen LogP) is 2.95. The van der Waals surface area contributed by atoms with E-state index in [0.29, 0.717) is 0 Å². The van der Waals surface area contributed by atoms with Gasteiger partial charge in [0.05, 0.1) is 4.92 Å². The van der Waals surface area contributed by atoms with Gasteiger partial charge in [0.15, 0.2) is 11.5 Å². The van der Waals surface area contributed by atoms with E-state index < -0.39 is 33.7 Å². The van der Waals surface area contributed by atoms with Crippen LogP contribution in [-0.4, -0.2) is 4.92 Å². The third-order valence-corrected chi connectivity index (χ3v) is 1.45. The van der Waals surface area contributed by atoms with Crippen LogP contribution in [0.25, 0.3) is 10.4 Å². The molecule has 0 aromatic heterocycles. The molecule has 0 spiro atoms. The fourth-order valence-corrected chi connectivity index (χ4v) is 0.880. The average molecular weight is 218 g/mol. The predicted molar refractivity (Wildman–Crippen MR) is 41.8 cm³/mol. The van der Waals surface area contributed by atoms with Crippen LogP contribution in [0.5, 0.6) is 0 Å². The van der Waals surface area contributed by atoms with Crippen molar-refractivity contribution in [1.29, 1.82) is 0 Å². The van der Waals surface area contributed by atoms with E-state index in [4.69, 9.17) is 5.53 Å². The number of hydrogen-bond donors (Lipinski definition) is 0. The first-order valence-corrected chi connectivity index (χ1v) is 3.36. The largest absolute Gasteiger partial charge is 0.320 e. The van der Waals surface area contributed by atoms with Crippen LogP contribution in [0.4, 0.5) is 24.5 Å². The molecule has 0 radical (unpaired) electrons. The maximum Gasteiger partial charge on any atom is 0.320 e. The Balaban J connectivity index is 3.68. The van der Waals surface area contributed by atoms with Gasteiger partial charge in [-0.15, -0.1) is 0 Å². The number of rotatable bonds is 2. The molecule has 0 aliphatic rings. The van der Waals surface area contributed by atoms with E-state index in [1.54, 1.807) is 0 Å². The first kappa shape index (κ1) is 10.8. The van der Waals surface area contributed by atoms with Gasteiger partial charge in [-0.05, 0) is 5.53 Å². The zero-order valence-corrected chi connectivity index (χ0v) is 6.82. The quantitative estimate of drug-likeness (QED) is 0.190. The molecule has 0 saturated carbocycles. The zero-order valence-electron chi connectivity index (χ0n) is 6.82. The average Bonchev–Trinajstić information content (AvgIpc) is 2.14. The van der Waals surface area contributed by atoms with Crippen molar-refractivity contribution in [3.05, 3.63) is 44.1 Å². The van der Waals surface area contributed by atoms with Gasteiger partial charge in [-0.1, -0.05) is 5.11 Å². The van der Waals surface area contributed by atoms with Crippen molar-refractivity contribution in [2.45, 2.75) is 0 Å². The Labute approximate surface area is 79.7 Å². The Morgan fingerprint density at radius 2 is 2.00 bits per heavy atom. The molecule has 15 heavy (non-hydrogen) atoms. The molecule has 0 aliphatic heterocycles. The molecule has 0 heterocycles. The Kier molecular flexibility index (Phi) is 2.77. The second-order valence-electron chi connectivity index (χ2n) is 2.30. The monoisotopic (exact) mass is 218 g/mol. The molecule has 6 nitrogen and oxygen atoms in total. The van der Waals surface area contributed by atoms with Crippen molar-refractivity contribution in [1.82, 2.24) is 0 Å². The molecule has 0 unspecified atom stereocenters. The molecule has 1 aromatic carbocycles. The minimum Gasteiger partial charge on any atom is -0.258 e. The lowest BCUT2D eigenvalue weighted by atomic mass is 10.2. The Bertz CT molecular complexity index is 484. The summed E-state index contributed by atoms with van der Waals surface area (Å²) in [6, 6.07) is 0.0619. The molecule has 0 fully saturated rings. The Morgan fingerprint density at radius 1 is 1.40 bits per heavy atom. The number of nitrogens with zero attached hydrogens (tertiary/aromatic N) is 4. The minimum absolute atomic E-state index is 0.0619. The number of nitro benzene ring substituents is 1. The summed E-state index contributed by atoms with van der Waals surface area (Å²) in [7, 11) is 0. The van der Waals surface area contributed by atoms with E-state index in [1.807, 2.05) is 0 Å². The summed E-state index contributed by atoms with van der Waals surface area (Å²) in [4.78, 5) is 11.0. The van der Waals surface area contributed by atoms with Crippen molar-refractivity contribution in [3.63, 3.8) is 0 Å². The Hall–Kier alpha value is -2.28. The van der Waals surface area contributed by atoms with E-state index in [1.165, 1.54) is 0 Å². The SMILES string of the molecule is [N-]=[N+]=Nc1c(F)cc(F)c(F)c1[N+](=O)[O-]. The highest BCUT2D eigenvalue weighted by Gasteiger charge is 2.27. The lowest BCUT2D eigenvalue weighted by Gasteiger charge is -2.00. The summed E-state index contributed by atoms with van der Waals surface area (Å²) in [6.45, 7) is 0. The molecule has 0 atom stereocenters. The number of azide groups is 1. The highest BCUT2D eigenvalue weighted by Crippen LogP contribution is 2.34. The topological polar surface area (TPSA) is 91.9 Å². The van der Waals surface area contributed by atoms with Crippen LogP contribution in [0.3, 0.4) is 0 Å². The molecule has 78 valence electrons. The lowest BCUT2D eigenvalue weighted by molar-refractivity contribution is -0.387. The van der Waals surface area contributed by atoms with Crippen molar-refractivity contribution in [2.75, 3.05) is 0 Å². The summed E-state index contributed by atoms with van der Waals surface area (Å²) in [5.74, 6) is -5.10. The van der Waals surface area contributed by atoms with Gasteiger partial charge in [0.25, 0.3) is 0 Å². The summed E-state index contributed by atoms with van der Waals surface area (Å²) < 4.78 is 38.3. The molecule has 0 saturated heterocycles. The molecule has 9 heteroatoms. The van der Waals surface area contributed by atoms with Crippen LogP contribution in [0.1, 0.15) is 0 Å². The van der Waals surface area contributed by atoms with Gasteiger partial charge in [0.2, 0.25) is 5.82 Å². The van der Waals surface area contributed by atoms with Gasteiger partial charge >= 0.3 is 5.69 Å².